The summed E-state index contributed by atoms with van der Waals surface area (Å²) in [6, 6.07) is 13.0. The third-order valence-corrected chi connectivity index (χ3v) is 5.43. The SMILES string of the molecule is CCOc1ccc(C(=O)NC(C(=O)Nc2cccc(C(=O)N3CCCC3)c2)C(C)C)cc1. The molecule has 7 heteroatoms. The van der Waals surface area contributed by atoms with Gasteiger partial charge >= 0.3 is 0 Å². The number of hydrogen-bond acceptors (Lipinski definition) is 4. The van der Waals surface area contributed by atoms with Gasteiger partial charge in [0.05, 0.1) is 6.61 Å². The molecule has 0 radical (unpaired) electrons. The van der Waals surface area contributed by atoms with Crippen LogP contribution < -0.4 is 15.4 Å². The zero-order valence-electron chi connectivity index (χ0n) is 18.9. The highest BCUT2D eigenvalue weighted by Gasteiger charge is 2.25. The van der Waals surface area contributed by atoms with E-state index < -0.39 is 6.04 Å². The molecule has 2 aromatic rings. The molecule has 3 amide bonds. The first-order valence-corrected chi connectivity index (χ1v) is 11.1. The molecule has 1 aliphatic rings. The van der Waals surface area contributed by atoms with Gasteiger partial charge in [-0.05, 0) is 68.1 Å². The van der Waals surface area contributed by atoms with E-state index in [1.54, 1.807) is 48.5 Å². The number of likely N-dealkylation sites (tertiary alicyclic amines) is 1. The normalized spacial score (nSPS) is 14.2. The number of hydrogen-bond donors (Lipinski definition) is 2. The second kappa shape index (κ2) is 10.8. The van der Waals surface area contributed by atoms with Gasteiger partial charge in [-0.3, -0.25) is 14.4 Å². The van der Waals surface area contributed by atoms with Gasteiger partial charge < -0.3 is 20.3 Å². The fourth-order valence-corrected chi connectivity index (χ4v) is 3.68. The van der Waals surface area contributed by atoms with Crippen LogP contribution in [-0.2, 0) is 4.79 Å². The second-order valence-corrected chi connectivity index (χ2v) is 8.22. The minimum atomic E-state index is -0.730. The lowest BCUT2D eigenvalue weighted by molar-refractivity contribution is -0.118. The van der Waals surface area contributed by atoms with Crippen LogP contribution >= 0.6 is 0 Å². The van der Waals surface area contributed by atoms with Crippen LogP contribution in [0.5, 0.6) is 5.75 Å². The molecule has 1 aliphatic heterocycles. The van der Waals surface area contributed by atoms with Crippen LogP contribution in [0.15, 0.2) is 48.5 Å². The molecule has 1 fully saturated rings. The zero-order chi connectivity index (χ0) is 23.1. The van der Waals surface area contributed by atoms with Crippen LogP contribution in [0.1, 0.15) is 54.3 Å². The smallest absolute Gasteiger partial charge is 0.253 e. The van der Waals surface area contributed by atoms with E-state index in [1.165, 1.54) is 0 Å². The van der Waals surface area contributed by atoms with E-state index in [0.717, 1.165) is 25.9 Å². The zero-order valence-corrected chi connectivity index (χ0v) is 18.9. The monoisotopic (exact) mass is 437 g/mol. The molecule has 7 nitrogen and oxygen atoms in total. The lowest BCUT2D eigenvalue weighted by atomic mass is 10.0. The topological polar surface area (TPSA) is 87.7 Å². The Morgan fingerprint density at radius 1 is 1.00 bits per heavy atom. The first-order valence-electron chi connectivity index (χ1n) is 11.1. The highest BCUT2D eigenvalue weighted by atomic mass is 16.5. The van der Waals surface area contributed by atoms with Crippen molar-refractivity contribution in [3.8, 4) is 5.75 Å². The second-order valence-electron chi connectivity index (χ2n) is 8.22. The minimum absolute atomic E-state index is 0.0252. The van der Waals surface area contributed by atoms with E-state index in [0.29, 0.717) is 29.2 Å². The Hall–Kier alpha value is -3.35. The molecule has 0 aromatic heterocycles. The summed E-state index contributed by atoms with van der Waals surface area (Å²) in [5.74, 6) is -0.130. The van der Waals surface area contributed by atoms with Crippen molar-refractivity contribution in [3.05, 3.63) is 59.7 Å². The number of rotatable bonds is 8. The van der Waals surface area contributed by atoms with Gasteiger partial charge in [0.15, 0.2) is 0 Å². The molecule has 170 valence electrons. The third-order valence-electron chi connectivity index (χ3n) is 5.43. The Balaban J connectivity index is 1.66. The van der Waals surface area contributed by atoms with Gasteiger partial charge in [0.2, 0.25) is 5.91 Å². The van der Waals surface area contributed by atoms with Gasteiger partial charge in [0.25, 0.3) is 11.8 Å². The fraction of sp³-hybridized carbons (Fsp3) is 0.400. The van der Waals surface area contributed by atoms with Crippen LogP contribution in [0.3, 0.4) is 0 Å². The summed E-state index contributed by atoms with van der Waals surface area (Å²) in [4.78, 5) is 40.1. The van der Waals surface area contributed by atoms with Crippen LogP contribution in [0.2, 0.25) is 0 Å². The summed E-state index contributed by atoms with van der Waals surface area (Å²) in [5, 5.41) is 5.67. The number of carbonyl (C=O) groups is 3. The minimum Gasteiger partial charge on any atom is -0.494 e. The van der Waals surface area contributed by atoms with E-state index in [1.807, 2.05) is 25.7 Å². The fourth-order valence-electron chi connectivity index (χ4n) is 3.68. The molecular weight excluding hydrogens is 406 g/mol. The van der Waals surface area contributed by atoms with Gasteiger partial charge in [-0.25, -0.2) is 0 Å². The standard InChI is InChI=1S/C25H31N3O4/c1-4-32-21-12-10-18(11-13-21)23(29)27-22(17(2)3)24(30)26-20-9-7-8-19(16-20)25(31)28-14-5-6-15-28/h7-13,16-17,22H,4-6,14-15H2,1-3H3,(H,26,30)(H,27,29). The van der Waals surface area contributed by atoms with Gasteiger partial charge in [0.1, 0.15) is 11.8 Å². The molecule has 0 spiro atoms. The predicted molar refractivity (Wildman–Crippen MR) is 124 cm³/mol. The lowest BCUT2D eigenvalue weighted by Crippen LogP contribution is -2.47. The van der Waals surface area contributed by atoms with Crippen molar-refractivity contribution in [1.82, 2.24) is 10.2 Å². The highest BCUT2D eigenvalue weighted by Crippen LogP contribution is 2.18. The average Bonchev–Trinajstić information content (AvgIpc) is 3.32. The number of nitrogens with zero attached hydrogens (tertiary/aromatic N) is 1. The van der Waals surface area contributed by atoms with Gasteiger partial charge in [-0.1, -0.05) is 19.9 Å². The van der Waals surface area contributed by atoms with Gasteiger partial charge in [-0.15, -0.1) is 0 Å². The number of nitrogens with one attached hydrogen (secondary N) is 2. The summed E-state index contributed by atoms with van der Waals surface area (Å²) >= 11 is 0. The number of carbonyl (C=O) groups excluding carboxylic acids is 3. The molecule has 1 unspecified atom stereocenters. The number of anilines is 1. The van der Waals surface area contributed by atoms with E-state index >= 15 is 0 Å². The Kier molecular flexibility index (Phi) is 7.87. The number of ether oxygens (including phenoxy) is 1. The largest absolute Gasteiger partial charge is 0.494 e. The quantitative estimate of drug-likeness (QED) is 0.659. The van der Waals surface area contributed by atoms with Crippen LogP contribution in [0.4, 0.5) is 5.69 Å². The van der Waals surface area contributed by atoms with Crippen molar-refractivity contribution in [1.29, 1.82) is 0 Å². The van der Waals surface area contributed by atoms with Crippen molar-refractivity contribution in [2.75, 3.05) is 25.0 Å². The van der Waals surface area contributed by atoms with Gasteiger partial charge in [0, 0.05) is 29.9 Å². The Morgan fingerprint density at radius 3 is 2.31 bits per heavy atom. The van der Waals surface area contributed by atoms with Crippen molar-refractivity contribution in [2.45, 2.75) is 39.7 Å². The molecular formula is C25H31N3O4. The van der Waals surface area contributed by atoms with Crippen molar-refractivity contribution in [3.63, 3.8) is 0 Å². The number of amides is 3. The van der Waals surface area contributed by atoms with Crippen molar-refractivity contribution < 1.29 is 19.1 Å². The maximum atomic E-state index is 13.0. The predicted octanol–water partition coefficient (Wildman–Crippen LogP) is 3.71. The van der Waals surface area contributed by atoms with E-state index in [-0.39, 0.29) is 23.6 Å². The highest BCUT2D eigenvalue weighted by molar-refractivity contribution is 6.02. The molecule has 1 atom stereocenters. The van der Waals surface area contributed by atoms with Crippen LogP contribution in [0, 0.1) is 5.92 Å². The summed E-state index contributed by atoms with van der Waals surface area (Å²) in [5.41, 5.74) is 1.52. The summed E-state index contributed by atoms with van der Waals surface area (Å²) in [6.07, 6.45) is 2.04. The average molecular weight is 438 g/mol. The maximum absolute atomic E-state index is 13.0. The molecule has 0 saturated carbocycles. The Labute approximate surface area is 189 Å². The third kappa shape index (κ3) is 5.87. The van der Waals surface area contributed by atoms with Gasteiger partial charge in [-0.2, -0.15) is 0 Å². The molecule has 32 heavy (non-hydrogen) atoms. The Bertz CT molecular complexity index is 950. The molecule has 3 rings (SSSR count). The van der Waals surface area contributed by atoms with E-state index in [4.69, 9.17) is 4.74 Å². The van der Waals surface area contributed by atoms with Crippen LogP contribution in [0.25, 0.3) is 0 Å². The molecule has 1 heterocycles. The Morgan fingerprint density at radius 2 is 1.69 bits per heavy atom. The van der Waals surface area contributed by atoms with E-state index in [2.05, 4.69) is 10.6 Å². The maximum Gasteiger partial charge on any atom is 0.253 e. The molecule has 2 N–H and O–H groups in total. The number of benzene rings is 2. The molecule has 2 aromatic carbocycles. The lowest BCUT2D eigenvalue weighted by Gasteiger charge is -2.22. The van der Waals surface area contributed by atoms with Crippen molar-refractivity contribution >= 4 is 23.4 Å². The van der Waals surface area contributed by atoms with Crippen molar-refractivity contribution in [2.24, 2.45) is 5.92 Å². The summed E-state index contributed by atoms with van der Waals surface area (Å²) < 4.78 is 5.40. The molecule has 0 bridgehead atoms. The summed E-state index contributed by atoms with van der Waals surface area (Å²) in [6.45, 7) is 7.72. The first-order chi connectivity index (χ1) is 15.4. The molecule has 1 saturated heterocycles. The molecule has 0 aliphatic carbocycles. The van der Waals surface area contributed by atoms with E-state index in [9.17, 15) is 14.4 Å². The first kappa shape index (κ1) is 23.3. The summed E-state index contributed by atoms with van der Waals surface area (Å²) in [7, 11) is 0. The van der Waals surface area contributed by atoms with Crippen LogP contribution in [-0.4, -0.2) is 48.4 Å².